The summed E-state index contributed by atoms with van der Waals surface area (Å²) >= 11 is 12.7. The molecule has 0 N–H and O–H groups in total. The molecule has 0 saturated heterocycles. The Hall–Kier alpha value is -1.49. The van der Waals surface area contributed by atoms with Crippen LogP contribution in [0.2, 0.25) is 9.36 Å². The van der Waals surface area contributed by atoms with Gasteiger partial charge in [0.05, 0.1) is 17.0 Å². The minimum atomic E-state index is -3.88. The summed E-state index contributed by atoms with van der Waals surface area (Å²) in [5.74, 6) is -2.37. The fourth-order valence-corrected chi connectivity index (χ4v) is 3.96. The lowest BCUT2D eigenvalue weighted by molar-refractivity contribution is -0.151. The molecule has 1 aliphatic carbocycles. The maximum atomic E-state index is 14.9. The lowest BCUT2D eigenvalue weighted by Crippen LogP contribution is -2.31. The molecule has 1 fully saturated rings. The number of sulfone groups is 1. The molecular weight excluding hydrogens is 430 g/mol. The monoisotopic (exact) mass is 440 g/mol. The van der Waals surface area contributed by atoms with Gasteiger partial charge in [0.2, 0.25) is 21.3 Å². The zero-order valence-electron chi connectivity index (χ0n) is 13.4. The molecule has 3 rings (SSSR count). The maximum Gasteiger partial charge on any atom is 0.350 e. The second-order valence-corrected chi connectivity index (χ2v) is 9.54. The van der Waals surface area contributed by atoms with Crippen LogP contribution in [0.4, 0.5) is 4.39 Å². The topological polar surface area (TPSA) is 95.5 Å². The molecule has 0 amide bonds. The number of carbonyl (C=O) groups excluding carboxylic acids is 1. The molecule has 0 unspecified atom stereocenters. The van der Waals surface area contributed by atoms with Crippen molar-refractivity contribution in [1.29, 1.82) is 0 Å². The van der Waals surface area contributed by atoms with Gasteiger partial charge in [-0.15, -0.1) is 11.3 Å². The summed E-state index contributed by atoms with van der Waals surface area (Å²) in [4.78, 5) is 19.4. The van der Waals surface area contributed by atoms with Crippen LogP contribution in [0.15, 0.2) is 11.2 Å². The average molecular weight is 441 g/mol. The van der Waals surface area contributed by atoms with Crippen LogP contribution in [0.25, 0.3) is 10.6 Å². The van der Waals surface area contributed by atoms with Gasteiger partial charge in [-0.05, 0) is 6.07 Å². The highest BCUT2D eigenvalue weighted by Crippen LogP contribution is 2.44. The number of carbonyl (C=O) groups is 1. The third kappa shape index (κ3) is 3.51. The lowest BCUT2D eigenvalue weighted by atomic mass is 10.3. The first-order chi connectivity index (χ1) is 12.1. The van der Waals surface area contributed by atoms with E-state index >= 15 is 0 Å². The largest absolute Gasteiger partial charge is 0.466 e. The van der Waals surface area contributed by atoms with E-state index in [9.17, 15) is 17.6 Å². The van der Waals surface area contributed by atoms with Crippen LogP contribution in [0.5, 0.6) is 5.88 Å². The Morgan fingerprint density at radius 3 is 2.46 bits per heavy atom. The van der Waals surface area contributed by atoms with Crippen LogP contribution in [0.3, 0.4) is 0 Å². The minimum absolute atomic E-state index is 0.168. The van der Waals surface area contributed by atoms with Gasteiger partial charge in [-0.1, -0.05) is 23.2 Å². The summed E-state index contributed by atoms with van der Waals surface area (Å²) in [5.41, 5.74) is -1.71. The van der Waals surface area contributed by atoms with Crippen molar-refractivity contribution in [3.8, 4) is 16.5 Å². The van der Waals surface area contributed by atoms with E-state index in [1.165, 1.54) is 13.2 Å². The Kier molecular flexibility index (Phi) is 4.89. The van der Waals surface area contributed by atoms with Crippen LogP contribution in [-0.2, 0) is 19.4 Å². The molecule has 0 radical (unpaired) electrons. The molecule has 140 valence electrons. The first-order valence-electron chi connectivity index (χ1n) is 7.07. The molecule has 26 heavy (non-hydrogen) atoms. The van der Waals surface area contributed by atoms with Crippen molar-refractivity contribution in [3.63, 3.8) is 0 Å². The fourth-order valence-electron chi connectivity index (χ4n) is 2.10. The maximum absolute atomic E-state index is 14.9. The second kappa shape index (κ2) is 6.59. The third-order valence-electron chi connectivity index (χ3n) is 3.56. The predicted molar refractivity (Wildman–Crippen MR) is 93.0 cm³/mol. The highest BCUT2D eigenvalue weighted by Gasteiger charge is 2.55. The molecule has 12 heteroatoms. The van der Waals surface area contributed by atoms with E-state index in [1.807, 2.05) is 0 Å². The van der Waals surface area contributed by atoms with E-state index in [4.69, 9.17) is 27.9 Å². The number of thiophene rings is 1. The van der Waals surface area contributed by atoms with Gasteiger partial charge in [0, 0.05) is 19.1 Å². The molecule has 2 heterocycles. The molecule has 0 aliphatic heterocycles. The lowest BCUT2D eigenvalue weighted by Gasteiger charge is -2.16. The Labute approximate surface area is 162 Å². The summed E-state index contributed by atoms with van der Waals surface area (Å²) in [6, 6.07) is 1.35. The number of hydrogen-bond acceptors (Lipinski definition) is 8. The van der Waals surface area contributed by atoms with Crippen molar-refractivity contribution in [2.45, 2.75) is 23.6 Å². The quantitative estimate of drug-likeness (QED) is 0.520. The van der Waals surface area contributed by atoms with Gasteiger partial charge in [-0.2, -0.15) is 9.37 Å². The van der Waals surface area contributed by atoms with Crippen LogP contribution in [-0.4, -0.2) is 43.3 Å². The van der Waals surface area contributed by atoms with Gasteiger partial charge in [-0.3, -0.25) is 0 Å². The zero-order chi connectivity index (χ0) is 19.3. The average Bonchev–Trinajstić information content (AvgIpc) is 3.27. The molecule has 1 saturated carbocycles. The number of ether oxygens (including phenoxy) is 2. The van der Waals surface area contributed by atoms with E-state index in [-0.39, 0.29) is 19.9 Å². The molecule has 2 aromatic rings. The van der Waals surface area contributed by atoms with Crippen molar-refractivity contribution in [3.05, 3.63) is 21.2 Å². The van der Waals surface area contributed by atoms with Crippen molar-refractivity contribution in [2.24, 2.45) is 0 Å². The standard InChI is InChI=1S/C14H11Cl2FN2O5S2/c1-23-12(20)14(3-4-14)24-11-8(17)9(7-5-6(15)10(16)25-7)18-13(19-11)26(2,21)22/h5H,3-4H2,1-2H3. The fraction of sp³-hybridized carbons (Fsp3) is 0.357. The summed E-state index contributed by atoms with van der Waals surface area (Å²) in [6.45, 7) is 0. The molecule has 0 bridgehead atoms. The zero-order valence-corrected chi connectivity index (χ0v) is 16.5. The van der Waals surface area contributed by atoms with Crippen LogP contribution >= 0.6 is 34.5 Å². The number of hydrogen-bond donors (Lipinski definition) is 0. The van der Waals surface area contributed by atoms with E-state index < -0.39 is 38.3 Å². The van der Waals surface area contributed by atoms with Crippen LogP contribution < -0.4 is 4.74 Å². The van der Waals surface area contributed by atoms with E-state index in [0.29, 0.717) is 12.8 Å². The van der Waals surface area contributed by atoms with Crippen molar-refractivity contribution >= 4 is 50.3 Å². The third-order valence-corrected chi connectivity index (χ3v) is 6.28. The van der Waals surface area contributed by atoms with E-state index in [1.54, 1.807) is 0 Å². The van der Waals surface area contributed by atoms with Crippen LogP contribution in [0.1, 0.15) is 12.8 Å². The summed E-state index contributed by atoms with van der Waals surface area (Å²) in [5, 5.41) is -0.480. The minimum Gasteiger partial charge on any atom is -0.466 e. The Morgan fingerprint density at radius 2 is 2.00 bits per heavy atom. The number of aromatic nitrogens is 2. The van der Waals surface area contributed by atoms with Gasteiger partial charge in [0.25, 0.3) is 11.0 Å². The van der Waals surface area contributed by atoms with Gasteiger partial charge in [0.1, 0.15) is 10.0 Å². The summed E-state index contributed by atoms with van der Waals surface area (Å²) in [7, 11) is -2.71. The Morgan fingerprint density at radius 1 is 1.35 bits per heavy atom. The molecule has 1 aliphatic rings. The van der Waals surface area contributed by atoms with Crippen molar-refractivity contribution < 1.29 is 27.1 Å². The predicted octanol–water partition coefficient (Wildman–Crippen LogP) is 3.14. The van der Waals surface area contributed by atoms with E-state index in [0.717, 1.165) is 17.6 Å². The van der Waals surface area contributed by atoms with Gasteiger partial charge >= 0.3 is 5.97 Å². The molecule has 0 aromatic carbocycles. The smallest absolute Gasteiger partial charge is 0.350 e. The highest BCUT2D eigenvalue weighted by molar-refractivity contribution is 7.90. The number of esters is 1. The second-order valence-electron chi connectivity index (χ2n) is 5.57. The van der Waals surface area contributed by atoms with E-state index in [2.05, 4.69) is 14.7 Å². The first kappa shape index (κ1) is 19.3. The molecule has 0 atom stereocenters. The molecule has 0 spiro atoms. The normalized spacial score (nSPS) is 15.6. The van der Waals surface area contributed by atoms with Crippen LogP contribution in [0, 0.1) is 5.82 Å². The number of rotatable bonds is 5. The van der Waals surface area contributed by atoms with Gasteiger partial charge < -0.3 is 9.47 Å². The van der Waals surface area contributed by atoms with Gasteiger partial charge in [0.15, 0.2) is 0 Å². The molecular formula is C14H11Cl2FN2O5S2. The Bertz CT molecular complexity index is 986. The number of nitrogens with zero attached hydrogens (tertiary/aromatic N) is 2. The highest BCUT2D eigenvalue weighted by atomic mass is 35.5. The molecule has 2 aromatic heterocycles. The SMILES string of the molecule is COC(=O)C1(Oc2nc(S(C)(=O)=O)nc(-c3cc(Cl)c(Cl)s3)c2F)CC1. The molecule has 7 nitrogen and oxygen atoms in total. The first-order valence-corrected chi connectivity index (χ1v) is 10.5. The Balaban J connectivity index is 2.15. The van der Waals surface area contributed by atoms with Crippen molar-refractivity contribution in [2.75, 3.05) is 13.4 Å². The number of methoxy groups -OCH3 is 1. The summed E-state index contributed by atoms with van der Waals surface area (Å²) in [6.07, 6.45) is 1.46. The number of halogens is 3. The summed E-state index contributed by atoms with van der Waals surface area (Å²) < 4.78 is 48.9. The van der Waals surface area contributed by atoms with Crippen molar-refractivity contribution in [1.82, 2.24) is 9.97 Å². The van der Waals surface area contributed by atoms with Gasteiger partial charge in [-0.25, -0.2) is 18.2 Å².